The molecule has 1 aliphatic rings. The summed E-state index contributed by atoms with van der Waals surface area (Å²) < 4.78 is 1.88. The number of rotatable bonds is 8. The Kier molecular flexibility index (Phi) is 4.79. The van der Waals surface area contributed by atoms with Gasteiger partial charge >= 0.3 is 0 Å². The van der Waals surface area contributed by atoms with E-state index in [1.165, 1.54) is 0 Å². The monoisotopic (exact) mass is 338 g/mol. The predicted molar refractivity (Wildman–Crippen MR) is 94.1 cm³/mol. The molecule has 0 aromatic carbocycles. The van der Waals surface area contributed by atoms with Crippen molar-refractivity contribution in [3.8, 4) is 12.3 Å². The minimum absolute atomic E-state index is 0.165. The average molecular weight is 338 g/mol. The third kappa shape index (κ3) is 3.85. The second-order valence-electron chi connectivity index (χ2n) is 6.72. The maximum Gasteiger partial charge on any atom is 0.255 e. The number of hydrogen-bond donors (Lipinski definition) is 1. The van der Waals surface area contributed by atoms with Crippen molar-refractivity contribution in [3.63, 3.8) is 0 Å². The molecule has 2 aromatic rings. The Morgan fingerprint density at radius 2 is 2.16 bits per heavy atom. The third-order valence-electron chi connectivity index (χ3n) is 4.20. The van der Waals surface area contributed by atoms with Gasteiger partial charge in [-0.1, -0.05) is 13.8 Å². The van der Waals surface area contributed by atoms with E-state index < -0.39 is 0 Å². The average Bonchev–Trinajstić information content (AvgIpc) is 3.25. The first kappa shape index (κ1) is 17.1. The number of nitrogens with one attached hydrogen (secondary N) is 1. The van der Waals surface area contributed by atoms with E-state index in [9.17, 15) is 4.79 Å². The molecular formula is C18H22N6O. The second kappa shape index (κ2) is 7.01. The zero-order valence-corrected chi connectivity index (χ0v) is 14.6. The smallest absolute Gasteiger partial charge is 0.255 e. The van der Waals surface area contributed by atoms with Gasteiger partial charge in [-0.05, 0) is 18.1 Å². The Balaban J connectivity index is 1.64. The van der Waals surface area contributed by atoms with Crippen molar-refractivity contribution in [2.24, 2.45) is 16.1 Å². The first-order valence-corrected chi connectivity index (χ1v) is 8.53. The Morgan fingerprint density at radius 3 is 2.84 bits per heavy atom. The van der Waals surface area contributed by atoms with Crippen LogP contribution in [0.1, 0.15) is 49.3 Å². The molecule has 0 spiro atoms. The standard InChI is InChI=1S/C18H22N6O/c1-4-5-8-18(22-23-18)9-10-19-17(25)14-7-6-11-24-15(12-13(2)3)20-21-16(14)24/h1,6-7,11,13H,5,8-10,12H2,2-3H3,(H,19,25). The van der Waals surface area contributed by atoms with E-state index in [-0.39, 0.29) is 11.6 Å². The minimum Gasteiger partial charge on any atom is -0.352 e. The molecule has 1 aliphatic heterocycles. The lowest BCUT2D eigenvalue weighted by atomic mass is 10.0. The van der Waals surface area contributed by atoms with Gasteiger partial charge in [-0.25, -0.2) is 0 Å². The van der Waals surface area contributed by atoms with Gasteiger partial charge in [-0.3, -0.25) is 9.20 Å². The van der Waals surface area contributed by atoms with Crippen LogP contribution in [0.25, 0.3) is 5.65 Å². The van der Waals surface area contributed by atoms with Gasteiger partial charge in [0.05, 0.1) is 5.56 Å². The van der Waals surface area contributed by atoms with E-state index in [1.807, 2.05) is 16.7 Å². The molecule has 0 saturated heterocycles. The van der Waals surface area contributed by atoms with Gasteiger partial charge in [0.1, 0.15) is 5.82 Å². The molecule has 2 aromatic heterocycles. The van der Waals surface area contributed by atoms with Crippen LogP contribution in [0.3, 0.4) is 0 Å². The lowest BCUT2D eigenvalue weighted by molar-refractivity contribution is 0.0953. The molecule has 130 valence electrons. The van der Waals surface area contributed by atoms with Crippen LogP contribution < -0.4 is 5.32 Å². The topological polar surface area (TPSA) is 84.0 Å². The van der Waals surface area contributed by atoms with Gasteiger partial charge in [-0.15, -0.1) is 22.5 Å². The highest BCUT2D eigenvalue weighted by atomic mass is 16.1. The zero-order valence-electron chi connectivity index (χ0n) is 14.6. The summed E-state index contributed by atoms with van der Waals surface area (Å²) >= 11 is 0. The molecule has 1 N–H and O–H groups in total. The number of nitrogens with zero attached hydrogens (tertiary/aromatic N) is 5. The maximum atomic E-state index is 12.5. The molecule has 0 radical (unpaired) electrons. The number of hydrogen-bond acceptors (Lipinski definition) is 5. The first-order valence-electron chi connectivity index (χ1n) is 8.53. The summed E-state index contributed by atoms with van der Waals surface area (Å²) in [5, 5.41) is 19.5. The quantitative estimate of drug-likeness (QED) is 0.751. The van der Waals surface area contributed by atoms with Crippen LogP contribution in [0.5, 0.6) is 0 Å². The van der Waals surface area contributed by atoms with Crippen LogP contribution in [0, 0.1) is 18.3 Å². The molecule has 0 saturated carbocycles. The number of aromatic nitrogens is 3. The molecule has 0 unspecified atom stereocenters. The number of pyridine rings is 1. The fourth-order valence-corrected chi connectivity index (χ4v) is 2.78. The van der Waals surface area contributed by atoms with Crippen LogP contribution in [0.15, 0.2) is 28.6 Å². The predicted octanol–water partition coefficient (Wildman–Crippen LogP) is 2.62. The molecule has 0 atom stereocenters. The van der Waals surface area contributed by atoms with Crippen LogP contribution in [0.4, 0.5) is 0 Å². The number of carbonyl (C=O) groups excluding carboxylic acids is 1. The van der Waals surface area contributed by atoms with Crippen molar-refractivity contribution in [1.82, 2.24) is 19.9 Å². The summed E-state index contributed by atoms with van der Waals surface area (Å²) in [6.45, 7) is 4.74. The van der Waals surface area contributed by atoms with Gasteiger partial charge in [0.2, 0.25) is 0 Å². The minimum atomic E-state index is -0.384. The third-order valence-corrected chi connectivity index (χ3v) is 4.20. The van der Waals surface area contributed by atoms with Gasteiger partial charge < -0.3 is 5.32 Å². The van der Waals surface area contributed by atoms with Crippen LogP contribution in [-0.4, -0.2) is 32.7 Å². The van der Waals surface area contributed by atoms with Gasteiger partial charge in [0, 0.05) is 38.4 Å². The van der Waals surface area contributed by atoms with E-state index in [0.717, 1.165) is 18.7 Å². The molecule has 7 nitrogen and oxygen atoms in total. The molecular weight excluding hydrogens is 316 g/mol. The van der Waals surface area contributed by atoms with E-state index in [1.54, 1.807) is 6.07 Å². The van der Waals surface area contributed by atoms with Crippen LogP contribution in [-0.2, 0) is 6.42 Å². The van der Waals surface area contributed by atoms with Crippen molar-refractivity contribution >= 4 is 11.6 Å². The summed E-state index contributed by atoms with van der Waals surface area (Å²) in [5.41, 5.74) is 0.719. The van der Waals surface area contributed by atoms with Gasteiger partial charge in [0.25, 0.3) is 5.91 Å². The molecule has 3 rings (SSSR count). The summed E-state index contributed by atoms with van der Waals surface area (Å²) in [4.78, 5) is 12.5. The highest BCUT2D eigenvalue weighted by Crippen LogP contribution is 2.36. The maximum absolute atomic E-state index is 12.5. The van der Waals surface area contributed by atoms with Crippen molar-refractivity contribution in [1.29, 1.82) is 0 Å². The largest absolute Gasteiger partial charge is 0.352 e. The normalized spacial score (nSPS) is 14.6. The number of fused-ring (bicyclic) bond motifs is 1. The van der Waals surface area contributed by atoms with E-state index in [2.05, 4.69) is 45.5 Å². The Labute approximate surface area is 146 Å². The Morgan fingerprint density at radius 1 is 1.36 bits per heavy atom. The van der Waals surface area contributed by atoms with Crippen LogP contribution in [0.2, 0.25) is 0 Å². The molecule has 0 aliphatic carbocycles. The lowest BCUT2D eigenvalue weighted by Gasteiger charge is -2.10. The molecule has 0 fully saturated rings. The van der Waals surface area contributed by atoms with Gasteiger partial charge in [-0.2, -0.15) is 10.2 Å². The van der Waals surface area contributed by atoms with E-state index in [0.29, 0.717) is 36.5 Å². The Hall–Kier alpha value is -2.75. The summed E-state index contributed by atoms with van der Waals surface area (Å²) in [7, 11) is 0. The second-order valence-corrected chi connectivity index (χ2v) is 6.72. The Bertz CT molecular complexity index is 839. The van der Waals surface area contributed by atoms with Crippen LogP contribution >= 0.6 is 0 Å². The van der Waals surface area contributed by atoms with Crippen molar-refractivity contribution < 1.29 is 4.79 Å². The summed E-state index contributed by atoms with van der Waals surface area (Å²) in [6, 6.07) is 3.60. The molecule has 1 amide bonds. The fourth-order valence-electron chi connectivity index (χ4n) is 2.78. The van der Waals surface area contributed by atoms with Crippen molar-refractivity contribution in [2.45, 2.75) is 45.2 Å². The first-order chi connectivity index (χ1) is 12.0. The highest BCUT2D eigenvalue weighted by molar-refractivity contribution is 5.99. The number of terminal acetylenes is 1. The van der Waals surface area contributed by atoms with E-state index >= 15 is 0 Å². The number of amides is 1. The fraction of sp³-hybridized carbons (Fsp3) is 0.500. The molecule has 25 heavy (non-hydrogen) atoms. The SMILES string of the molecule is C#CCCC1(CCNC(=O)c2cccn3c(CC(C)C)nnc23)N=N1. The van der Waals surface area contributed by atoms with Crippen molar-refractivity contribution in [3.05, 3.63) is 29.7 Å². The number of carbonyl (C=O) groups is 1. The van der Waals surface area contributed by atoms with E-state index in [4.69, 9.17) is 6.42 Å². The molecule has 7 heteroatoms. The zero-order chi connectivity index (χ0) is 17.9. The highest BCUT2D eigenvalue weighted by Gasteiger charge is 2.38. The van der Waals surface area contributed by atoms with Crippen molar-refractivity contribution in [2.75, 3.05) is 6.54 Å². The molecule has 3 heterocycles. The summed E-state index contributed by atoms with van der Waals surface area (Å²) in [5.74, 6) is 3.77. The van der Waals surface area contributed by atoms with Gasteiger partial charge in [0.15, 0.2) is 11.3 Å². The molecule has 0 bridgehead atoms. The lowest BCUT2D eigenvalue weighted by Crippen LogP contribution is -2.28. The summed E-state index contributed by atoms with van der Waals surface area (Å²) in [6.07, 6.45) is 10.0.